The molecule has 1 N–H and O–H groups in total. The van der Waals surface area contributed by atoms with Crippen LogP contribution in [0.25, 0.3) is 0 Å². The average molecular weight is 328 g/mol. The van der Waals surface area contributed by atoms with Crippen LogP contribution in [0.5, 0.6) is 0 Å². The Balaban J connectivity index is 1.65. The summed E-state index contributed by atoms with van der Waals surface area (Å²) in [6.07, 6.45) is 2.75. The van der Waals surface area contributed by atoms with Gasteiger partial charge in [-0.25, -0.2) is 4.68 Å². The zero-order chi connectivity index (χ0) is 16.9. The minimum atomic E-state index is -0.120. The van der Waals surface area contributed by atoms with Crippen LogP contribution in [0.1, 0.15) is 23.7 Å². The van der Waals surface area contributed by atoms with Gasteiger partial charge in [0, 0.05) is 50.0 Å². The number of carbonyl (C=O) groups is 1. The first kappa shape index (κ1) is 16.5. The fourth-order valence-electron chi connectivity index (χ4n) is 2.79. The van der Waals surface area contributed by atoms with E-state index in [0.29, 0.717) is 11.5 Å². The van der Waals surface area contributed by atoms with Crippen LogP contribution in [0.3, 0.4) is 0 Å². The van der Waals surface area contributed by atoms with Crippen molar-refractivity contribution in [3.63, 3.8) is 0 Å². The van der Waals surface area contributed by atoms with Gasteiger partial charge in [-0.1, -0.05) is 0 Å². The summed E-state index contributed by atoms with van der Waals surface area (Å²) in [5.74, 6) is 1.07. The minimum absolute atomic E-state index is 0.120. The molecule has 1 atom stereocenters. The highest BCUT2D eigenvalue weighted by molar-refractivity contribution is 6.04. The standard InChI is InChI=1S/C18H24N4O2/c1-3-21(2)16-6-4-15(5-7-16)18(23)20-17-8-10-19-22(17)12-14-9-11-24-13-14/h4-8,10,14H,3,9,11-13H2,1-2H3,(H,20,23)/t14-/m1/s1. The topological polar surface area (TPSA) is 59.4 Å². The van der Waals surface area contributed by atoms with Crippen LogP contribution in [0.15, 0.2) is 36.5 Å². The third-order valence-electron chi connectivity index (χ3n) is 4.46. The predicted octanol–water partition coefficient (Wildman–Crippen LogP) is 2.63. The first-order valence-corrected chi connectivity index (χ1v) is 8.39. The van der Waals surface area contributed by atoms with Gasteiger partial charge in [0.15, 0.2) is 0 Å². The maximum atomic E-state index is 12.5. The SMILES string of the molecule is CCN(C)c1ccc(C(=O)Nc2ccnn2C[C@H]2CCOC2)cc1. The molecule has 24 heavy (non-hydrogen) atoms. The summed E-state index contributed by atoms with van der Waals surface area (Å²) in [5, 5.41) is 7.27. The van der Waals surface area contributed by atoms with Gasteiger partial charge in [0.05, 0.1) is 12.8 Å². The average Bonchev–Trinajstić information content (AvgIpc) is 3.27. The Morgan fingerprint density at radius 1 is 1.38 bits per heavy atom. The molecule has 0 bridgehead atoms. The van der Waals surface area contributed by atoms with Gasteiger partial charge in [-0.2, -0.15) is 5.10 Å². The molecule has 1 aromatic heterocycles. The van der Waals surface area contributed by atoms with Crippen molar-refractivity contribution >= 4 is 17.4 Å². The molecule has 1 amide bonds. The number of nitrogens with zero attached hydrogens (tertiary/aromatic N) is 3. The molecule has 1 aliphatic rings. The fraction of sp³-hybridized carbons (Fsp3) is 0.444. The van der Waals surface area contributed by atoms with E-state index in [-0.39, 0.29) is 5.91 Å². The van der Waals surface area contributed by atoms with Crippen molar-refractivity contribution in [2.75, 3.05) is 37.0 Å². The number of hydrogen-bond acceptors (Lipinski definition) is 4. The molecule has 128 valence electrons. The molecule has 2 heterocycles. The van der Waals surface area contributed by atoms with Crippen LogP contribution in [-0.4, -0.2) is 42.5 Å². The molecule has 0 spiro atoms. The predicted molar refractivity (Wildman–Crippen MR) is 94.5 cm³/mol. The summed E-state index contributed by atoms with van der Waals surface area (Å²) in [5.41, 5.74) is 1.74. The number of anilines is 2. The first-order chi connectivity index (χ1) is 11.7. The van der Waals surface area contributed by atoms with E-state index in [2.05, 4.69) is 22.2 Å². The summed E-state index contributed by atoms with van der Waals surface area (Å²) in [4.78, 5) is 14.6. The second kappa shape index (κ2) is 7.49. The molecule has 0 aliphatic carbocycles. The van der Waals surface area contributed by atoms with E-state index in [1.54, 1.807) is 6.20 Å². The van der Waals surface area contributed by atoms with Crippen LogP contribution in [-0.2, 0) is 11.3 Å². The molecule has 1 aromatic carbocycles. The smallest absolute Gasteiger partial charge is 0.256 e. The van der Waals surface area contributed by atoms with Crippen molar-refractivity contribution in [3.05, 3.63) is 42.1 Å². The first-order valence-electron chi connectivity index (χ1n) is 8.39. The normalized spacial score (nSPS) is 17.0. The van der Waals surface area contributed by atoms with Crippen LogP contribution in [0, 0.1) is 5.92 Å². The molecule has 0 radical (unpaired) electrons. The van der Waals surface area contributed by atoms with E-state index in [1.807, 2.05) is 42.1 Å². The van der Waals surface area contributed by atoms with E-state index < -0.39 is 0 Å². The largest absolute Gasteiger partial charge is 0.381 e. The Hall–Kier alpha value is -2.34. The van der Waals surface area contributed by atoms with E-state index in [0.717, 1.165) is 44.2 Å². The van der Waals surface area contributed by atoms with E-state index >= 15 is 0 Å². The van der Waals surface area contributed by atoms with Crippen molar-refractivity contribution < 1.29 is 9.53 Å². The van der Waals surface area contributed by atoms with Gasteiger partial charge >= 0.3 is 0 Å². The van der Waals surface area contributed by atoms with Crippen LogP contribution in [0.2, 0.25) is 0 Å². The molecule has 0 saturated carbocycles. The van der Waals surface area contributed by atoms with Gasteiger partial charge in [-0.15, -0.1) is 0 Å². The molecule has 1 fully saturated rings. The maximum absolute atomic E-state index is 12.5. The van der Waals surface area contributed by atoms with E-state index in [1.165, 1.54) is 0 Å². The van der Waals surface area contributed by atoms with Gasteiger partial charge in [0.1, 0.15) is 5.82 Å². The summed E-state index contributed by atoms with van der Waals surface area (Å²) < 4.78 is 7.25. The van der Waals surface area contributed by atoms with Crippen molar-refractivity contribution in [1.29, 1.82) is 0 Å². The lowest BCUT2D eigenvalue weighted by Gasteiger charge is -2.17. The molecule has 6 nitrogen and oxygen atoms in total. The van der Waals surface area contributed by atoms with Crippen LogP contribution >= 0.6 is 0 Å². The molecule has 2 aromatic rings. The molecule has 6 heteroatoms. The quantitative estimate of drug-likeness (QED) is 0.885. The second-order valence-electron chi connectivity index (χ2n) is 6.14. The number of rotatable bonds is 6. The van der Waals surface area contributed by atoms with Gasteiger partial charge in [-0.05, 0) is 37.6 Å². The number of ether oxygens (including phenoxy) is 1. The Kier molecular flexibility index (Phi) is 5.15. The number of benzene rings is 1. The maximum Gasteiger partial charge on any atom is 0.256 e. The lowest BCUT2D eigenvalue weighted by molar-refractivity contribution is 0.102. The molecule has 1 saturated heterocycles. The highest BCUT2D eigenvalue weighted by Gasteiger charge is 2.18. The Morgan fingerprint density at radius 2 is 2.17 bits per heavy atom. The van der Waals surface area contributed by atoms with E-state index in [4.69, 9.17) is 4.74 Å². The highest BCUT2D eigenvalue weighted by Crippen LogP contribution is 2.18. The minimum Gasteiger partial charge on any atom is -0.381 e. The Morgan fingerprint density at radius 3 is 2.83 bits per heavy atom. The summed E-state index contributed by atoms with van der Waals surface area (Å²) >= 11 is 0. The summed E-state index contributed by atoms with van der Waals surface area (Å²) in [7, 11) is 2.03. The number of amides is 1. The lowest BCUT2D eigenvalue weighted by Crippen LogP contribution is -2.19. The van der Waals surface area contributed by atoms with Gasteiger partial charge < -0.3 is 15.0 Å². The van der Waals surface area contributed by atoms with Crippen LogP contribution in [0.4, 0.5) is 11.5 Å². The Bertz CT molecular complexity index is 675. The van der Waals surface area contributed by atoms with Gasteiger partial charge in [0.25, 0.3) is 5.91 Å². The molecule has 0 unspecified atom stereocenters. The zero-order valence-corrected chi connectivity index (χ0v) is 14.2. The molecule has 1 aliphatic heterocycles. The van der Waals surface area contributed by atoms with Crippen molar-refractivity contribution in [2.45, 2.75) is 19.9 Å². The lowest BCUT2D eigenvalue weighted by atomic mass is 10.1. The molecular formula is C18H24N4O2. The number of aromatic nitrogens is 2. The second-order valence-corrected chi connectivity index (χ2v) is 6.14. The number of hydrogen-bond donors (Lipinski definition) is 1. The number of carbonyl (C=O) groups excluding carboxylic acids is 1. The van der Waals surface area contributed by atoms with Crippen molar-refractivity contribution in [1.82, 2.24) is 9.78 Å². The third kappa shape index (κ3) is 3.76. The van der Waals surface area contributed by atoms with Crippen molar-refractivity contribution in [2.24, 2.45) is 5.92 Å². The van der Waals surface area contributed by atoms with Crippen LogP contribution < -0.4 is 10.2 Å². The highest BCUT2D eigenvalue weighted by atomic mass is 16.5. The van der Waals surface area contributed by atoms with E-state index in [9.17, 15) is 4.79 Å². The Labute approximate surface area is 142 Å². The zero-order valence-electron chi connectivity index (χ0n) is 14.2. The third-order valence-corrected chi connectivity index (χ3v) is 4.46. The molecular weight excluding hydrogens is 304 g/mol. The number of nitrogens with one attached hydrogen (secondary N) is 1. The summed E-state index contributed by atoms with van der Waals surface area (Å²) in [6.45, 7) is 5.36. The molecule has 3 rings (SSSR count). The van der Waals surface area contributed by atoms with Gasteiger partial charge in [0.2, 0.25) is 0 Å². The van der Waals surface area contributed by atoms with Crippen molar-refractivity contribution in [3.8, 4) is 0 Å². The monoisotopic (exact) mass is 328 g/mol. The summed E-state index contributed by atoms with van der Waals surface area (Å²) in [6, 6.07) is 9.45. The van der Waals surface area contributed by atoms with Gasteiger partial charge in [-0.3, -0.25) is 4.79 Å². The fourth-order valence-corrected chi connectivity index (χ4v) is 2.79.